The lowest BCUT2D eigenvalue weighted by atomic mass is 10.1. The first-order chi connectivity index (χ1) is 8.22. The van der Waals surface area contributed by atoms with Crippen molar-refractivity contribution in [3.8, 4) is 17.0 Å². The number of hydrogen-bond acceptors (Lipinski definition) is 2. The number of rotatable bonds is 4. The van der Waals surface area contributed by atoms with Gasteiger partial charge < -0.3 is 4.74 Å². The Labute approximate surface area is 102 Å². The van der Waals surface area contributed by atoms with Crippen molar-refractivity contribution in [3.63, 3.8) is 0 Å². The Morgan fingerprint density at radius 3 is 2.65 bits per heavy atom. The average molecular weight is 230 g/mol. The SMILES string of the molecule is CCOc1cc(CC)cc(-c2ccn(C)n2)c1. The Morgan fingerprint density at radius 1 is 1.24 bits per heavy atom. The largest absolute Gasteiger partial charge is 0.494 e. The van der Waals surface area contributed by atoms with E-state index in [-0.39, 0.29) is 0 Å². The molecule has 0 amide bonds. The van der Waals surface area contributed by atoms with Gasteiger partial charge in [0.2, 0.25) is 0 Å². The lowest BCUT2D eigenvalue weighted by Crippen LogP contribution is -1.94. The molecular formula is C14H18N2O. The summed E-state index contributed by atoms with van der Waals surface area (Å²) in [6, 6.07) is 8.33. The highest BCUT2D eigenvalue weighted by atomic mass is 16.5. The van der Waals surface area contributed by atoms with Crippen molar-refractivity contribution in [2.45, 2.75) is 20.3 Å². The van der Waals surface area contributed by atoms with E-state index in [0.717, 1.165) is 23.4 Å². The zero-order chi connectivity index (χ0) is 12.3. The lowest BCUT2D eigenvalue weighted by molar-refractivity contribution is 0.340. The fraction of sp³-hybridized carbons (Fsp3) is 0.357. The van der Waals surface area contributed by atoms with Gasteiger partial charge >= 0.3 is 0 Å². The molecule has 0 aliphatic heterocycles. The van der Waals surface area contributed by atoms with Crippen molar-refractivity contribution < 1.29 is 4.74 Å². The van der Waals surface area contributed by atoms with Crippen LogP contribution in [0.4, 0.5) is 0 Å². The molecule has 3 nitrogen and oxygen atoms in total. The average Bonchev–Trinajstić information content (AvgIpc) is 2.76. The van der Waals surface area contributed by atoms with Crippen LogP contribution in [0, 0.1) is 0 Å². The fourth-order valence-electron chi connectivity index (χ4n) is 1.83. The molecule has 0 atom stereocenters. The number of benzene rings is 1. The van der Waals surface area contributed by atoms with Crippen LogP contribution in [0.3, 0.4) is 0 Å². The number of nitrogens with zero attached hydrogens (tertiary/aromatic N) is 2. The summed E-state index contributed by atoms with van der Waals surface area (Å²) in [5, 5.41) is 4.42. The van der Waals surface area contributed by atoms with Crippen molar-refractivity contribution in [3.05, 3.63) is 36.0 Å². The molecule has 0 aliphatic rings. The zero-order valence-electron chi connectivity index (χ0n) is 10.6. The van der Waals surface area contributed by atoms with Gasteiger partial charge in [-0.25, -0.2) is 0 Å². The highest BCUT2D eigenvalue weighted by Crippen LogP contribution is 2.25. The highest BCUT2D eigenvalue weighted by molar-refractivity contribution is 5.62. The lowest BCUT2D eigenvalue weighted by Gasteiger charge is -2.08. The van der Waals surface area contributed by atoms with Gasteiger partial charge in [-0.1, -0.05) is 6.92 Å². The van der Waals surface area contributed by atoms with Gasteiger partial charge in [0, 0.05) is 18.8 Å². The third-order valence-electron chi connectivity index (χ3n) is 2.69. The van der Waals surface area contributed by atoms with Crippen molar-refractivity contribution in [2.75, 3.05) is 6.61 Å². The van der Waals surface area contributed by atoms with Gasteiger partial charge in [0.15, 0.2) is 0 Å². The third kappa shape index (κ3) is 2.67. The summed E-state index contributed by atoms with van der Waals surface area (Å²) in [4.78, 5) is 0. The van der Waals surface area contributed by atoms with E-state index in [4.69, 9.17) is 4.74 Å². The van der Waals surface area contributed by atoms with E-state index in [9.17, 15) is 0 Å². The molecule has 2 rings (SSSR count). The topological polar surface area (TPSA) is 27.1 Å². The molecule has 0 saturated heterocycles. The molecule has 1 aromatic heterocycles. The molecule has 3 heteroatoms. The van der Waals surface area contributed by atoms with Gasteiger partial charge in [0.25, 0.3) is 0 Å². The Bertz CT molecular complexity index is 503. The monoisotopic (exact) mass is 230 g/mol. The number of aryl methyl sites for hydroxylation is 2. The maximum atomic E-state index is 5.58. The van der Waals surface area contributed by atoms with Crippen molar-refractivity contribution in [1.29, 1.82) is 0 Å². The second-order valence-corrected chi connectivity index (χ2v) is 4.03. The molecule has 17 heavy (non-hydrogen) atoms. The van der Waals surface area contributed by atoms with Crippen LogP contribution in [0.2, 0.25) is 0 Å². The summed E-state index contributed by atoms with van der Waals surface area (Å²) in [6.45, 7) is 4.83. The number of ether oxygens (including phenoxy) is 1. The molecule has 0 fully saturated rings. The molecule has 1 heterocycles. The van der Waals surface area contributed by atoms with Crippen LogP contribution in [-0.4, -0.2) is 16.4 Å². The minimum atomic E-state index is 0.689. The normalized spacial score (nSPS) is 10.5. The maximum absolute atomic E-state index is 5.58. The smallest absolute Gasteiger partial charge is 0.120 e. The standard InChI is InChI=1S/C14H18N2O/c1-4-11-8-12(10-13(9-11)17-5-2)14-6-7-16(3)15-14/h6-10H,4-5H2,1-3H3. The molecule has 1 aromatic carbocycles. The summed E-state index contributed by atoms with van der Waals surface area (Å²) >= 11 is 0. The third-order valence-corrected chi connectivity index (χ3v) is 2.69. The highest BCUT2D eigenvalue weighted by Gasteiger charge is 2.05. The molecule has 0 unspecified atom stereocenters. The predicted octanol–water partition coefficient (Wildman–Crippen LogP) is 3.05. The summed E-state index contributed by atoms with van der Waals surface area (Å²) in [5.41, 5.74) is 3.38. The van der Waals surface area contributed by atoms with Crippen molar-refractivity contribution >= 4 is 0 Å². The molecule has 0 spiro atoms. The maximum Gasteiger partial charge on any atom is 0.120 e. The molecule has 2 aromatic rings. The predicted molar refractivity (Wildman–Crippen MR) is 69.2 cm³/mol. The second-order valence-electron chi connectivity index (χ2n) is 4.03. The van der Waals surface area contributed by atoms with E-state index in [1.54, 1.807) is 0 Å². The summed E-state index contributed by atoms with van der Waals surface area (Å²) < 4.78 is 7.40. The van der Waals surface area contributed by atoms with E-state index in [0.29, 0.717) is 6.61 Å². The van der Waals surface area contributed by atoms with Crippen LogP contribution in [0.25, 0.3) is 11.3 Å². The molecule has 0 aliphatic carbocycles. The van der Waals surface area contributed by atoms with E-state index in [1.807, 2.05) is 37.0 Å². The van der Waals surface area contributed by atoms with Crippen LogP contribution in [0.15, 0.2) is 30.5 Å². The zero-order valence-corrected chi connectivity index (χ0v) is 10.6. The number of aromatic nitrogens is 2. The Balaban J connectivity index is 2.42. The van der Waals surface area contributed by atoms with E-state index < -0.39 is 0 Å². The van der Waals surface area contributed by atoms with E-state index in [1.165, 1.54) is 5.56 Å². The van der Waals surface area contributed by atoms with Crippen LogP contribution in [0.5, 0.6) is 5.75 Å². The van der Waals surface area contributed by atoms with Gasteiger partial charge in [-0.3, -0.25) is 4.68 Å². The van der Waals surface area contributed by atoms with Crippen molar-refractivity contribution in [1.82, 2.24) is 9.78 Å². The minimum absolute atomic E-state index is 0.689. The van der Waals surface area contributed by atoms with Crippen molar-refractivity contribution in [2.24, 2.45) is 7.05 Å². The summed E-state index contributed by atoms with van der Waals surface area (Å²) in [7, 11) is 1.93. The van der Waals surface area contributed by atoms with Crippen LogP contribution in [0.1, 0.15) is 19.4 Å². The summed E-state index contributed by atoms with van der Waals surface area (Å²) in [5.74, 6) is 0.924. The van der Waals surface area contributed by atoms with E-state index >= 15 is 0 Å². The Hall–Kier alpha value is -1.77. The molecule has 0 bridgehead atoms. The van der Waals surface area contributed by atoms with Crippen LogP contribution < -0.4 is 4.74 Å². The first-order valence-electron chi connectivity index (χ1n) is 5.99. The fourth-order valence-corrected chi connectivity index (χ4v) is 1.83. The summed E-state index contributed by atoms with van der Waals surface area (Å²) in [6.07, 6.45) is 2.95. The van der Waals surface area contributed by atoms with E-state index in [2.05, 4.69) is 24.2 Å². The molecular weight excluding hydrogens is 212 g/mol. The van der Waals surface area contributed by atoms with Gasteiger partial charge in [-0.15, -0.1) is 0 Å². The molecule has 0 saturated carbocycles. The Kier molecular flexibility index (Phi) is 3.47. The van der Waals surface area contributed by atoms with Gasteiger partial charge in [0.1, 0.15) is 5.75 Å². The first kappa shape index (κ1) is 11.7. The van der Waals surface area contributed by atoms with Gasteiger partial charge in [-0.05, 0) is 43.2 Å². The first-order valence-corrected chi connectivity index (χ1v) is 5.99. The van der Waals surface area contributed by atoms with Gasteiger partial charge in [-0.2, -0.15) is 5.10 Å². The second kappa shape index (κ2) is 5.04. The molecule has 90 valence electrons. The minimum Gasteiger partial charge on any atom is -0.494 e. The quantitative estimate of drug-likeness (QED) is 0.807. The van der Waals surface area contributed by atoms with Crippen LogP contribution in [-0.2, 0) is 13.5 Å². The number of hydrogen-bond donors (Lipinski definition) is 0. The molecule has 0 radical (unpaired) electrons. The Morgan fingerprint density at radius 2 is 2.06 bits per heavy atom. The van der Waals surface area contributed by atoms with Gasteiger partial charge in [0.05, 0.1) is 12.3 Å². The van der Waals surface area contributed by atoms with Crippen LogP contribution >= 0.6 is 0 Å². The molecule has 0 N–H and O–H groups in total.